The van der Waals surface area contributed by atoms with E-state index in [0.29, 0.717) is 13.0 Å². The molecular weight excluding hydrogens is 206 g/mol. The van der Waals surface area contributed by atoms with Gasteiger partial charge in [0.25, 0.3) is 0 Å². The standard InChI is InChI=1S/C12H23NO3/c1-2-3-4-7-13-8-5-6-12(16,10-13)9-11(14)15/h16H,2-10H2,1H3,(H,14,15). The van der Waals surface area contributed by atoms with Gasteiger partial charge in [-0.1, -0.05) is 19.8 Å². The monoisotopic (exact) mass is 229 g/mol. The van der Waals surface area contributed by atoms with E-state index in [1.54, 1.807) is 0 Å². The van der Waals surface area contributed by atoms with Gasteiger partial charge in [0.2, 0.25) is 0 Å². The highest BCUT2D eigenvalue weighted by Gasteiger charge is 2.34. The van der Waals surface area contributed by atoms with E-state index in [2.05, 4.69) is 11.8 Å². The second kappa shape index (κ2) is 6.21. The van der Waals surface area contributed by atoms with Crippen LogP contribution in [-0.4, -0.2) is 46.3 Å². The number of aliphatic hydroxyl groups is 1. The van der Waals surface area contributed by atoms with Crippen LogP contribution in [0.5, 0.6) is 0 Å². The van der Waals surface area contributed by atoms with Crippen LogP contribution in [0, 0.1) is 0 Å². The number of rotatable bonds is 6. The summed E-state index contributed by atoms with van der Waals surface area (Å²) < 4.78 is 0. The Morgan fingerprint density at radius 2 is 2.19 bits per heavy atom. The molecule has 1 saturated heterocycles. The summed E-state index contributed by atoms with van der Waals surface area (Å²) in [4.78, 5) is 12.9. The van der Waals surface area contributed by atoms with Crippen LogP contribution in [0.1, 0.15) is 45.4 Å². The Morgan fingerprint density at radius 3 is 2.81 bits per heavy atom. The number of carbonyl (C=O) groups is 1. The maximum Gasteiger partial charge on any atom is 0.306 e. The molecule has 1 unspecified atom stereocenters. The Kier molecular flexibility index (Phi) is 5.22. The van der Waals surface area contributed by atoms with E-state index in [1.807, 2.05) is 0 Å². The first-order chi connectivity index (χ1) is 7.56. The summed E-state index contributed by atoms with van der Waals surface area (Å²) in [6, 6.07) is 0. The molecule has 16 heavy (non-hydrogen) atoms. The van der Waals surface area contributed by atoms with Crippen LogP contribution in [0.25, 0.3) is 0 Å². The second-order valence-corrected chi connectivity index (χ2v) is 4.88. The molecule has 4 nitrogen and oxygen atoms in total. The number of aliphatic carboxylic acids is 1. The zero-order chi connectivity index (χ0) is 12.0. The molecular formula is C12H23NO3. The van der Waals surface area contributed by atoms with E-state index in [0.717, 1.165) is 25.9 Å². The molecule has 0 amide bonds. The highest BCUT2D eigenvalue weighted by Crippen LogP contribution is 2.24. The molecule has 1 atom stereocenters. The van der Waals surface area contributed by atoms with Crippen LogP contribution < -0.4 is 0 Å². The summed E-state index contributed by atoms with van der Waals surface area (Å²) in [6.45, 7) is 4.65. The molecule has 0 aromatic carbocycles. The van der Waals surface area contributed by atoms with Crippen LogP contribution in [0.2, 0.25) is 0 Å². The molecule has 1 rings (SSSR count). The second-order valence-electron chi connectivity index (χ2n) is 4.88. The number of hydrogen-bond donors (Lipinski definition) is 2. The van der Waals surface area contributed by atoms with Crippen molar-refractivity contribution >= 4 is 5.97 Å². The van der Waals surface area contributed by atoms with Gasteiger partial charge in [-0.2, -0.15) is 0 Å². The van der Waals surface area contributed by atoms with Gasteiger partial charge in [-0.25, -0.2) is 0 Å². The Balaban J connectivity index is 2.36. The first kappa shape index (κ1) is 13.5. The van der Waals surface area contributed by atoms with Crippen LogP contribution in [0.4, 0.5) is 0 Å². The molecule has 0 radical (unpaired) electrons. The first-order valence-corrected chi connectivity index (χ1v) is 6.22. The third kappa shape index (κ3) is 4.49. The van der Waals surface area contributed by atoms with Crippen molar-refractivity contribution in [1.29, 1.82) is 0 Å². The number of piperidine rings is 1. The molecule has 0 spiro atoms. The lowest BCUT2D eigenvalue weighted by Crippen LogP contribution is -2.49. The Morgan fingerprint density at radius 1 is 1.44 bits per heavy atom. The van der Waals surface area contributed by atoms with Crippen molar-refractivity contribution in [3.63, 3.8) is 0 Å². The molecule has 0 bridgehead atoms. The number of likely N-dealkylation sites (tertiary alicyclic amines) is 1. The summed E-state index contributed by atoms with van der Waals surface area (Å²) in [6.07, 6.45) is 4.91. The van der Waals surface area contributed by atoms with Gasteiger partial charge in [-0.3, -0.25) is 4.79 Å². The zero-order valence-corrected chi connectivity index (χ0v) is 10.1. The summed E-state index contributed by atoms with van der Waals surface area (Å²) in [7, 11) is 0. The number of carboxylic acids is 1. The van der Waals surface area contributed by atoms with Crippen molar-refractivity contribution in [2.75, 3.05) is 19.6 Å². The fourth-order valence-corrected chi connectivity index (χ4v) is 2.41. The molecule has 4 heteroatoms. The minimum absolute atomic E-state index is 0.128. The molecule has 0 saturated carbocycles. The van der Waals surface area contributed by atoms with E-state index < -0.39 is 11.6 Å². The van der Waals surface area contributed by atoms with Gasteiger partial charge in [-0.05, 0) is 32.4 Å². The third-order valence-electron chi connectivity index (χ3n) is 3.19. The van der Waals surface area contributed by atoms with Crippen LogP contribution in [0.3, 0.4) is 0 Å². The van der Waals surface area contributed by atoms with Crippen LogP contribution >= 0.6 is 0 Å². The predicted octanol–water partition coefficient (Wildman–Crippen LogP) is 1.48. The lowest BCUT2D eigenvalue weighted by molar-refractivity contribution is -0.145. The van der Waals surface area contributed by atoms with Crippen LogP contribution in [-0.2, 0) is 4.79 Å². The zero-order valence-electron chi connectivity index (χ0n) is 10.1. The normalized spacial score (nSPS) is 26.9. The maximum atomic E-state index is 10.7. The van der Waals surface area contributed by atoms with Gasteiger partial charge in [0.1, 0.15) is 0 Å². The topological polar surface area (TPSA) is 60.8 Å². The fraction of sp³-hybridized carbons (Fsp3) is 0.917. The highest BCUT2D eigenvalue weighted by atomic mass is 16.4. The van der Waals surface area contributed by atoms with Crippen molar-refractivity contribution in [2.24, 2.45) is 0 Å². The van der Waals surface area contributed by atoms with Crippen molar-refractivity contribution in [3.05, 3.63) is 0 Å². The van der Waals surface area contributed by atoms with E-state index >= 15 is 0 Å². The molecule has 0 aliphatic carbocycles. The van der Waals surface area contributed by atoms with Gasteiger partial charge in [0.05, 0.1) is 12.0 Å². The van der Waals surface area contributed by atoms with Crippen LogP contribution in [0.15, 0.2) is 0 Å². The summed E-state index contributed by atoms with van der Waals surface area (Å²) in [5, 5.41) is 18.9. The number of nitrogens with zero attached hydrogens (tertiary/aromatic N) is 1. The molecule has 2 N–H and O–H groups in total. The average molecular weight is 229 g/mol. The van der Waals surface area contributed by atoms with Gasteiger partial charge < -0.3 is 15.1 Å². The third-order valence-corrected chi connectivity index (χ3v) is 3.19. The Labute approximate surface area is 97.3 Å². The molecule has 0 aromatic heterocycles. The minimum Gasteiger partial charge on any atom is -0.481 e. The van der Waals surface area contributed by atoms with E-state index in [-0.39, 0.29) is 6.42 Å². The maximum absolute atomic E-state index is 10.7. The summed E-state index contributed by atoms with van der Waals surface area (Å²) in [5.74, 6) is -0.905. The minimum atomic E-state index is -1.00. The average Bonchev–Trinajstić information content (AvgIpc) is 2.16. The lowest BCUT2D eigenvalue weighted by atomic mass is 9.89. The van der Waals surface area contributed by atoms with Gasteiger partial charge >= 0.3 is 5.97 Å². The molecule has 0 aromatic rings. The Bertz CT molecular complexity index is 232. The van der Waals surface area contributed by atoms with E-state index in [1.165, 1.54) is 12.8 Å². The SMILES string of the molecule is CCCCCN1CCCC(O)(CC(=O)O)C1. The van der Waals surface area contributed by atoms with Gasteiger partial charge in [0, 0.05) is 6.54 Å². The fourth-order valence-electron chi connectivity index (χ4n) is 2.41. The molecule has 94 valence electrons. The van der Waals surface area contributed by atoms with Crippen molar-refractivity contribution in [1.82, 2.24) is 4.90 Å². The largest absolute Gasteiger partial charge is 0.481 e. The van der Waals surface area contributed by atoms with Gasteiger partial charge in [0.15, 0.2) is 0 Å². The van der Waals surface area contributed by atoms with Crippen molar-refractivity contribution < 1.29 is 15.0 Å². The number of carboxylic acid groups (broad SMARTS) is 1. The number of unbranched alkanes of at least 4 members (excludes halogenated alkanes) is 2. The molecule has 1 aliphatic rings. The quantitative estimate of drug-likeness (QED) is 0.677. The Hall–Kier alpha value is -0.610. The highest BCUT2D eigenvalue weighted by molar-refractivity contribution is 5.68. The molecule has 1 heterocycles. The first-order valence-electron chi connectivity index (χ1n) is 6.22. The van der Waals surface area contributed by atoms with E-state index in [4.69, 9.17) is 5.11 Å². The summed E-state index contributed by atoms with van der Waals surface area (Å²) >= 11 is 0. The molecule has 1 fully saturated rings. The van der Waals surface area contributed by atoms with Gasteiger partial charge in [-0.15, -0.1) is 0 Å². The molecule has 1 aliphatic heterocycles. The summed E-state index contributed by atoms with van der Waals surface area (Å²) in [5.41, 5.74) is -1.00. The number of hydrogen-bond acceptors (Lipinski definition) is 3. The predicted molar refractivity (Wildman–Crippen MR) is 62.4 cm³/mol. The smallest absolute Gasteiger partial charge is 0.306 e. The lowest BCUT2D eigenvalue weighted by Gasteiger charge is -2.38. The number of β-amino-alcohol motifs (C(OH)–C–C–N with tert-alkyl or cyclic N) is 1. The van der Waals surface area contributed by atoms with E-state index in [9.17, 15) is 9.90 Å². The van der Waals surface area contributed by atoms with Crippen molar-refractivity contribution in [3.8, 4) is 0 Å². The van der Waals surface area contributed by atoms with Crippen molar-refractivity contribution in [2.45, 2.75) is 51.0 Å².